The molecule has 1 aliphatic heterocycles. The van der Waals surface area contributed by atoms with Gasteiger partial charge in [-0.25, -0.2) is 0 Å². The quantitative estimate of drug-likeness (QED) is 0.877. The van der Waals surface area contributed by atoms with Crippen molar-refractivity contribution in [1.82, 2.24) is 5.32 Å². The molecule has 0 aliphatic carbocycles. The first-order valence-electron chi connectivity index (χ1n) is 6.59. The van der Waals surface area contributed by atoms with Gasteiger partial charge < -0.3 is 11.1 Å². The van der Waals surface area contributed by atoms with Crippen molar-refractivity contribution in [3.05, 3.63) is 46.6 Å². The zero-order valence-electron chi connectivity index (χ0n) is 12.0. The Kier molecular flexibility index (Phi) is 3.40. The molecule has 4 nitrogen and oxygen atoms in total. The van der Waals surface area contributed by atoms with Crippen molar-refractivity contribution in [2.75, 3.05) is 0 Å². The number of primary amides is 1. The van der Waals surface area contributed by atoms with Crippen molar-refractivity contribution in [2.24, 2.45) is 5.73 Å². The van der Waals surface area contributed by atoms with Gasteiger partial charge in [0.15, 0.2) is 0 Å². The number of carbonyl (C=O) groups is 2. The first-order valence-corrected chi connectivity index (χ1v) is 6.09. The third kappa shape index (κ3) is 3.07. The Labute approximate surface area is 120 Å². The lowest BCUT2D eigenvalue weighted by molar-refractivity contribution is -0.137. The van der Waals surface area contributed by atoms with Crippen LogP contribution in [0.15, 0.2) is 35.5 Å². The monoisotopic (exact) mass is 299 g/mol. The molecule has 1 aromatic carbocycles. The Hall–Kier alpha value is -2.31. The van der Waals surface area contributed by atoms with Crippen LogP contribution in [0, 0.1) is 0 Å². The van der Waals surface area contributed by atoms with Crippen LogP contribution in [0.25, 0.3) is 0 Å². The molecule has 0 bridgehead atoms. The maximum Gasteiger partial charge on any atom is 0.416 e. The summed E-state index contributed by atoms with van der Waals surface area (Å²) < 4.78 is 45.7. The predicted molar refractivity (Wildman–Crippen MR) is 68.8 cm³/mol. The van der Waals surface area contributed by atoms with E-state index in [0.29, 0.717) is 6.07 Å². The van der Waals surface area contributed by atoms with E-state index in [2.05, 4.69) is 5.32 Å². The molecule has 0 fully saturated rings. The summed E-state index contributed by atoms with van der Waals surface area (Å²) in [5.74, 6) is -1.98. The topological polar surface area (TPSA) is 72.2 Å². The molecule has 2 rings (SSSR count). The van der Waals surface area contributed by atoms with Crippen molar-refractivity contribution < 1.29 is 24.1 Å². The second-order valence-electron chi connectivity index (χ2n) is 4.74. The largest absolute Gasteiger partial charge is 0.416 e. The molecule has 1 aromatic rings. The Morgan fingerprint density at radius 1 is 1.43 bits per heavy atom. The lowest BCUT2D eigenvalue weighted by atomic mass is 9.84. The second kappa shape index (κ2) is 5.23. The molecule has 0 radical (unpaired) electrons. The molecule has 3 N–H and O–H groups in total. The van der Waals surface area contributed by atoms with Gasteiger partial charge in [-0.1, -0.05) is 12.1 Å². The molecule has 112 valence electrons. The molecule has 1 heterocycles. The van der Waals surface area contributed by atoms with Gasteiger partial charge in [-0.3, -0.25) is 9.59 Å². The first-order chi connectivity index (χ1) is 10.1. The molecular formula is C14H13F3N2O2. The molecule has 0 aromatic heterocycles. The van der Waals surface area contributed by atoms with E-state index in [0.717, 1.165) is 12.1 Å². The van der Waals surface area contributed by atoms with Gasteiger partial charge in [0.2, 0.25) is 11.8 Å². The third-order valence-corrected chi connectivity index (χ3v) is 3.27. The fourth-order valence-corrected chi connectivity index (χ4v) is 2.33. The maximum atomic E-state index is 12.6. The number of rotatable bonds is 2. The van der Waals surface area contributed by atoms with E-state index in [-0.39, 0.29) is 35.2 Å². The van der Waals surface area contributed by atoms with Crippen LogP contribution < -0.4 is 11.1 Å². The highest BCUT2D eigenvalue weighted by Gasteiger charge is 2.33. The zero-order valence-corrected chi connectivity index (χ0v) is 11.0. The summed E-state index contributed by atoms with van der Waals surface area (Å²) in [7, 11) is 0. The van der Waals surface area contributed by atoms with Gasteiger partial charge in [0, 0.05) is 23.6 Å². The van der Waals surface area contributed by atoms with Gasteiger partial charge in [-0.2, -0.15) is 13.2 Å². The molecule has 0 saturated carbocycles. The second-order valence-corrected chi connectivity index (χ2v) is 4.74. The van der Waals surface area contributed by atoms with E-state index >= 15 is 0 Å². The molecule has 0 saturated heterocycles. The van der Waals surface area contributed by atoms with Crippen LogP contribution in [-0.4, -0.2) is 11.8 Å². The highest BCUT2D eigenvalue weighted by molar-refractivity contribution is 5.98. The van der Waals surface area contributed by atoms with E-state index in [1.165, 1.54) is 6.92 Å². The number of hydrogen-bond acceptors (Lipinski definition) is 2. The van der Waals surface area contributed by atoms with Crippen LogP contribution in [0.3, 0.4) is 0 Å². The average Bonchev–Trinajstić information content (AvgIpc) is 2.35. The van der Waals surface area contributed by atoms with E-state index in [1.54, 1.807) is 0 Å². The first kappa shape index (κ1) is 13.7. The molecule has 1 atom stereocenters. The number of halogens is 3. The number of nitrogens with two attached hydrogens (primary N) is 1. The molecule has 0 spiro atoms. The van der Waals surface area contributed by atoms with Gasteiger partial charge in [-0.15, -0.1) is 0 Å². The Bertz CT molecular complexity index is 683. The Balaban J connectivity index is 2.52. The van der Waals surface area contributed by atoms with E-state index < -0.39 is 23.6 Å². The summed E-state index contributed by atoms with van der Waals surface area (Å²) in [6.45, 7) is 1.48. The van der Waals surface area contributed by atoms with Crippen molar-refractivity contribution in [3.63, 3.8) is 0 Å². The lowest BCUT2D eigenvalue weighted by Gasteiger charge is -2.26. The van der Waals surface area contributed by atoms with Crippen LogP contribution in [0.5, 0.6) is 0 Å². The summed E-state index contributed by atoms with van der Waals surface area (Å²) >= 11 is 0. The smallest absolute Gasteiger partial charge is 0.366 e. The normalized spacial score (nSPS) is 20.1. The third-order valence-electron chi connectivity index (χ3n) is 3.27. The van der Waals surface area contributed by atoms with E-state index in [4.69, 9.17) is 7.10 Å². The zero-order chi connectivity index (χ0) is 16.7. The highest BCUT2D eigenvalue weighted by Crippen LogP contribution is 2.35. The number of benzene rings is 1. The highest BCUT2D eigenvalue weighted by atomic mass is 19.4. The van der Waals surface area contributed by atoms with Crippen molar-refractivity contribution >= 4 is 11.8 Å². The molecular weight excluding hydrogens is 285 g/mol. The summed E-state index contributed by atoms with van der Waals surface area (Å²) in [5.41, 5.74) is 4.86. The number of carbonyl (C=O) groups excluding carboxylic acids is 2. The lowest BCUT2D eigenvalue weighted by Crippen LogP contribution is -2.35. The average molecular weight is 299 g/mol. The van der Waals surface area contributed by atoms with E-state index in [1.807, 2.05) is 0 Å². The van der Waals surface area contributed by atoms with Crippen LogP contribution in [0.4, 0.5) is 13.2 Å². The standard InChI is InChI=1S/C14H13F3N2O2/c1-7-12(13(18)21)10(6-11(20)19-7)8-2-4-9(5-3-8)14(15,16)17/h2-5,10H,6H2,1H3,(H2,18,21)(H,19,20)/i2D. The minimum atomic E-state index is -4.56. The molecule has 1 aliphatic rings. The molecule has 2 amide bonds. The predicted octanol–water partition coefficient (Wildman–Crippen LogP) is 2.07. The minimum absolute atomic E-state index is 0.104. The molecule has 1 unspecified atom stereocenters. The van der Waals surface area contributed by atoms with Crippen LogP contribution in [-0.2, 0) is 15.8 Å². The van der Waals surface area contributed by atoms with Crippen LogP contribution in [0.2, 0.25) is 0 Å². The molecule has 21 heavy (non-hydrogen) atoms. The number of nitrogens with one attached hydrogen (secondary N) is 1. The van der Waals surface area contributed by atoms with Crippen LogP contribution >= 0.6 is 0 Å². The fourth-order valence-electron chi connectivity index (χ4n) is 2.33. The summed E-state index contributed by atoms with van der Waals surface area (Å²) in [5, 5.41) is 2.46. The van der Waals surface area contributed by atoms with Crippen molar-refractivity contribution in [2.45, 2.75) is 25.4 Å². The van der Waals surface area contributed by atoms with E-state index in [9.17, 15) is 22.8 Å². The summed E-state index contributed by atoms with van der Waals surface area (Å²) in [4.78, 5) is 23.2. The Morgan fingerprint density at radius 2 is 2.10 bits per heavy atom. The fraction of sp³-hybridized carbons (Fsp3) is 0.286. The van der Waals surface area contributed by atoms with Crippen molar-refractivity contribution in [3.8, 4) is 0 Å². The van der Waals surface area contributed by atoms with Crippen molar-refractivity contribution in [1.29, 1.82) is 0 Å². The SMILES string of the molecule is [2H]c1cc(C(F)(F)F)ccc1C1CC(=O)NC(C)=C1C(N)=O. The van der Waals surface area contributed by atoms with Gasteiger partial charge in [0.25, 0.3) is 0 Å². The maximum absolute atomic E-state index is 12.6. The van der Waals surface area contributed by atoms with Gasteiger partial charge in [-0.05, 0) is 24.6 Å². The summed E-state index contributed by atoms with van der Waals surface area (Å²) in [6.07, 6.45) is -4.70. The van der Waals surface area contributed by atoms with Gasteiger partial charge >= 0.3 is 6.18 Å². The van der Waals surface area contributed by atoms with Gasteiger partial charge in [0.1, 0.15) is 0 Å². The number of amides is 2. The number of hydrogen-bond donors (Lipinski definition) is 2. The number of allylic oxidation sites excluding steroid dienone is 1. The molecule has 7 heteroatoms. The number of alkyl halides is 3. The minimum Gasteiger partial charge on any atom is -0.366 e. The van der Waals surface area contributed by atoms with Crippen LogP contribution in [0.1, 0.15) is 31.8 Å². The summed E-state index contributed by atoms with van der Waals surface area (Å²) in [6, 6.07) is 2.23. The van der Waals surface area contributed by atoms with Gasteiger partial charge in [0.05, 0.1) is 6.93 Å². The Morgan fingerprint density at radius 3 is 2.62 bits per heavy atom.